The Kier molecular flexibility index (Phi) is 6.06. The molecular weight excluding hydrogens is 361 g/mol. The zero-order chi connectivity index (χ0) is 17.8. The molecule has 2 aromatic rings. The van der Waals surface area contributed by atoms with Crippen LogP contribution in [-0.4, -0.2) is 47.9 Å². The molecule has 1 aromatic heterocycles. The number of thiophene rings is 1. The first kappa shape index (κ1) is 18.3. The van der Waals surface area contributed by atoms with Gasteiger partial charge >= 0.3 is 0 Å². The Bertz CT molecular complexity index is 731. The Balaban J connectivity index is 1.50. The molecule has 1 amide bonds. The molecule has 0 unspecified atom stereocenters. The maximum absolute atomic E-state index is 13.7. The molecule has 1 saturated heterocycles. The molecule has 1 aliphatic heterocycles. The van der Waals surface area contributed by atoms with E-state index >= 15 is 0 Å². The van der Waals surface area contributed by atoms with E-state index in [-0.39, 0.29) is 17.6 Å². The Morgan fingerprint density at radius 2 is 1.96 bits per heavy atom. The summed E-state index contributed by atoms with van der Waals surface area (Å²) in [4.78, 5) is 18.1. The van der Waals surface area contributed by atoms with E-state index in [1.54, 1.807) is 29.5 Å². The number of carbonyl (C=O) groups excluding carboxylic acids is 1. The van der Waals surface area contributed by atoms with Gasteiger partial charge < -0.3 is 5.32 Å². The van der Waals surface area contributed by atoms with Crippen molar-refractivity contribution < 1.29 is 9.18 Å². The quantitative estimate of drug-likeness (QED) is 0.858. The molecule has 0 aliphatic carbocycles. The SMILES string of the molecule is C[C@H](C(=O)Nc1ccccc1F)N1CCN(Cc2ccc(Cl)s2)CC1. The number of carbonyl (C=O) groups is 1. The van der Waals surface area contributed by atoms with Crippen molar-refractivity contribution in [2.45, 2.75) is 19.5 Å². The standard InChI is InChI=1S/C18H21ClFN3OS/c1-13(18(24)21-16-5-3-2-4-15(16)20)23-10-8-22(9-11-23)12-14-6-7-17(19)25-14/h2-7,13H,8-12H2,1H3,(H,21,24)/t13-/m1/s1. The topological polar surface area (TPSA) is 35.6 Å². The number of nitrogens with one attached hydrogen (secondary N) is 1. The van der Waals surface area contributed by atoms with Gasteiger partial charge in [0.15, 0.2) is 0 Å². The summed E-state index contributed by atoms with van der Waals surface area (Å²) < 4.78 is 14.5. The molecule has 0 spiro atoms. The van der Waals surface area contributed by atoms with Gasteiger partial charge in [0.05, 0.1) is 16.1 Å². The van der Waals surface area contributed by atoms with Crippen molar-refractivity contribution in [3.63, 3.8) is 0 Å². The number of anilines is 1. The molecular formula is C18H21ClFN3OS. The van der Waals surface area contributed by atoms with E-state index in [9.17, 15) is 9.18 Å². The van der Waals surface area contributed by atoms with Crippen LogP contribution >= 0.6 is 22.9 Å². The zero-order valence-electron chi connectivity index (χ0n) is 14.0. The van der Waals surface area contributed by atoms with Gasteiger partial charge in [-0.1, -0.05) is 23.7 Å². The third kappa shape index (κ3) is 4.79. The number of para-hydroxylation sites is 1. The maximum Gasteiger partial charge on any atom is 0.241 e. The van der Waals surface area contributed by atoms with Crippen molar-refractivity contribution >= 4 is 34.5 Å². The highest BCUT2D eigenvalue weighted by atomic mass is 35.5. The molecule has 7 heteroatoms. The maximum atomic E-state index is 13.7. The number of nitrogens with zero attached hydrogens (tertiary/aromatic N) is 2. The molecule has 0 radical (unpaired) electrons. The van der Waals surface area contributed by atoms with Crippen LogP contribution in [0.25, 0.3) is 0 Å². The molecule has 1 aromatic carbocycles. The van der Waals surface area contributed by atoms with Gasteiger partial charge in [-0.25, -0.2) is 4.39 Å². The van der Waals surface area contributed by atoms with E-state index in [1.165, 1.54) is 10.9 Å². The monoisotopic (exact) mass is 381 g/mol. The summed E-state index contributed by atoms with van der Waals surface area (Å²) in [7, 11) is 0. The van der Waals surface area contributed by atoms with Crippen LogP contribution in [-0.2, 0) is 11.3 Å². The van der Waals surface area contributed by atoms with Gasteiger partial charge in [-0.15, -0.1) is 11.3 Å². The summed E-state index contributed by atoms with van der Waals surface area (Å²) in [5.74, 6) is -0.592. The average molecular weight is 382 g/mol. The van der Waals surface area contributed by atoms with Gasteiger partial charge in [-0.05, 0) is 31.2 Å². The summed E-state index contributed by atoms with van der Waals surface area (Å²) in [6.07, 6.45) is 0. The summed E-state index contributed by atoms with van der Waals surface area (Å²) in [5.41, 5.74) is 0.229. The molecule has 1 fully saturated rings. The number of hydrogen-bond donors (Lipinski definition) is 1. The number of hydrogen-bond acceptors (Lipinski definition) is 4. The predicted octanol–water partition coefficient (Wildman–Crippen LogP) is 3.69. The average Bonchev–Trinajstić information content (AvgIpc) is 3.02. The van der Waals surface area contributed by atoms with E-state index in [1.807, 2.05) is 13.0 Å². The minimum Gasteiger partial charge on any atom is -0.322 e. The van der Waals surface area contributed by atoms with Crippen LogP contribution in [0.1, 0.15) is 11.8 Å². The lowest BCUT2D eigenvalue weighted by atomic mass is 10.2. The predicted molar refractivity (Wildman–Crippen MR) is 101 cm³/mol. The first-order chi connectivity index (χ1) is 12.0. The summed E-state index contributed by atoms with van der Waals surface area (Å²) >= 11 is 7.58. The minimum atomic E-state index is -0.414. The van der Waals surface area contributed by atoms with Crippen LogP contribution in [0, 0.1) is 5.82 Å². The lowest BCUT2D eigenvalue weighted by molar-refractivity contribution is -0.121. The first-order valence-electron chi connectivity index (χ1n) is 8.29. The highest BCUT2D eigenvalue weighted by Gasteiger charge is 2.26. The fourth-order valence-corrected chi connectivity index (χ4v) is 4.06. The van der Waals surface area contributed by atoms with E-state index in [4.69, 9.17) is 11.6 Å². The molecule has 0 bridgehead atoms. The van der Waals surface area contributed by atoms with Crippen molar-refractivity contribution in [3.05, 3.63) is 51.4 Å². The molecule has 4 nitrogen and oxygen atoms in total. The number of rotatable bonds is 5. The van der Waals surface area contributed by atoms with Gasteiger partial charge in [0.2, 0.25) is 5.91 Å². The second kappa shape index (κ2) is 8.27. The van der Waals surface area contributed by atoms with Gasteiger partial charge in [-0.3, -0.25) is 14.6 Å². The smallest absolute Gasteiger partial charge is 0.241 e. The van der Waals surface area contributed by atoms with E-state index in [0.29, 0.717) is 0 Å². The number of piperazine rings is 1. The third-order valence-corrected chi connectivity index (χ3v) is 5.69. The van der Waals surface area contributed by atoms with Crippen molar-refractivity contribution in [2.75, 3.05) is 31.5 Å². The summed E-state index contributed by atoms with van der Waals surface area (Å²) in [6, 6.07) is 9.92. The lowest BCUT2D eigenvalue weighted by Crippen LogP contribution is -2.52. The number of amides is 1. The summed E-state index contributed by atoms with van der Waals surface area (Å²) in [5, 5.41) is 2.68. The number of halogens is 2. The van der Waals surface area contributed by atoms with E-state index < -0.39 is 5.82 Å². The Hall–Kier alpha value is -1.47. The van der Waals surface area contributed by atoms with Crippen LogP contribution in [0.15, 0.2) is 36.4 Å². The van der Waals surface area contributed by atoms with Crippen molar-refractivity contribution in [1.29, 1.82) is 0 Å². The van der Waals surface area contributed by atoms with Crippen LogP contribution in [0.2, 0.25) is 4.34 Å². The Morgan fingerprint density at radius 3 is 2.60 bits per heavy atom. The van der Waals surface area contributed by atoms with Gasteiger partial charge in [0, 0.05) is 37.6 Å². The highest BCUT2D eigenvalue weighted by Crippen LogP contribution is 2.23. The van der Waals surface area contributed by atoms with E-state index in [2.05, 4.69) is 21.2 Å². The highest BCUT2D eigenvalue weighted by molar-refractivity contribution is 7.16. The van der Waals surface area contributed by atoms with Gasteiger partial charge in [-0.2, -0.15) is 0 Å². The fraction of sp³-hybridized carbons (Fsp3) is 0.389. The third-order valence-electron chi connectivity index (χ3n) is 4.47. The molecule has 1 N–H and O–H groups in total. The summed E-state index contributed by atoms with van der Waals surface area (Å²) in [6.45, 7) is 6.17. The van der Waals surface area contributed by atoms with Crippen LogP contribution in [0.5, 0.6) is 0 Å². The normalized spacial score (nSPS) is 17.4. The van der Waals surface area contributed by atoms with Gasteiger partial charge in [0.1, 0.15) is 5.82 Å². The van der Waals surface area contributed by atoms with Crippen molar-refractivity contribution in [1.82, 2.24) is 9.80 Å². The van der Waals surface area contributed by atoms with Crippen LogP contribution in [0.4, 0.5) is 10.1 Å². The Labute approximate surface area is 156 Å². The van der Waals surface area contributed by atoms with Crippen molar-refractivity contribution in [3.8, 4) is 0 Å². The molecule has 134 valence electrons. The lowest BCUT2D eigenvalue weighted by Gasteiger charge is -2.37. The molecule has 1 aliphatic rings. The van der Waals surface area contributed by atoms with Crippen LogP contribution in [0.3, 0.4) is 0 Å². The Morgan fingerprint density at radius 1 is 1.24 bits per heavy atom. The molecule has 1 atom stereocenters. The molecule has 0 saturated carbocycles. The van der Waals surface area contributed by atoms with Crippen LogP contribution < -0.4 is 5.32 Å². The molecule has 2 heterocycles. The van der Waals surface area contributed by atoms with Crippen molar-refractivity contribution in [2.24, 2.45) is 0 Å². The second-order valence-electron chi connectivity index (χ2n) is 6.16. The molecule has 3 rings (SSSR count). The second-order valence-corrected chi connectivity index (χ2v) is 7.96. The van der Waals surface area contributed by atoms with E-state index in [0.717, 1.165) is 37.1 Å². The fourth-order valence-electron chi connectivity index (χ4n) is 2.93. The minimum absolute atomic E-state index is 0.177. The first-order valence-corrected chi connectivity index (χ1v) is 9.48. The number of benzene rings is 1. The van der Waals surface area contributed by atoms with Gasteiger partial charge in [0.25, 0.3) is 0 Å². The molecule has 25 heavy (non-hydrogen) atoms. The largest absolute Gasteiger partial charge is 0.322 e. The zero-order valence-corrected chi connectivity index (χ0v) is 15.6.